The normalized spacial score (nSPS) is 15.7. The molecule has 1 heterocycles. The van der Waals surface area contributed by atoms with Gasteiger partial charge < -0.3 is 4.90 Å². The lowest BCUT2D eigenvalue weighted by Crippen LogP contribution is -2.44. The van der Waals surface area contributed by atoms with E-state index in [9.17, 15) is 13.2 Å². The van der Waals surface area contributed by atoms with Crippen LogP contribution in [0.5, 0.6) is 0 Å². The van der Waals surface area contributed by atoms with E-state index in [1.165, 1.54) is 0 Å². The van der Waals surface area contributed by atoms with E-state index in [-0.39, 0.29) is 28.2 Å². The Morgan fingerprint density at radius 1 is 1.18 bits per heavy atom. The van der Waals surface area contributed by atoms with E-state index in [4.69, 9.17) is 23.2 Å². The Labute approximate surface area is 140 Å². The van der Waals surface area contributed by atoms with Crippen LogP contribution in [0.1, 0.15) is 19.3 Å². The maximum absolute atomic E-state index is 12.4. The van der Waals surface area contributed by atoms with E-state index in [2.05, 4.69) is 0 Å². The highest BCUT2D eigenvalue weighted by atomic mass is 35.5. The molecule has 1 amide bonds. The lowest BCUT2D eigenvalue weighted by Gasteiger charge is -2.30. The highest BCUT2D eigenvalue weighted by Crippen LogP contribution is 2.34. The Balaban J connectivity index is 2.30. The van der Waals surface area contributed by atoms with Crippen LogP contribution >= 0.6 is 23.2 Å². The summed E-state index contributed by atoms with van der Waals surface area (Å²) in [5.74, 6) is -0.235. The molecule has 0 unspecified atom stereocenters. The number of para-hydroxylation sites is 1. The van der Waals surface area contributed by atoms with Crippen LogP contribution in [0.2, 0.25) is 10.0 Å². The number of piperidine rings is 1. The molecule has 0 aromatic heterocycles. The van der Waals surface area contributed by atoms with Crippen molar-refractivity contribution >= 4 is 44.8 Å². The van der Waals surface area contributed by atoms with Gasteiger partial charge in [-0.05, 0) is 31.4 Å². The van der Waals surface area contributed by atoms with Crippen LogP contribution in [0.4, 0.5) is 5.69 Å². The summed E-state index contributed by atoms with van der Waals surface area (Å²) in [7, 11) is -3.68. The molecule has 0 aliphatic carbocycles. The highest BCUT2D eigenvalue weighted by molar-refractivity contribution is 7.92. The SMILES string of the molecule is CS(=O)(=O)N(CC(=O)N1CCCCC1)c1c(Cl)cccc1Cl. The first-order valence-electron chi connectivity index (χ1n) is 7.00. The molecule has 8 heteroatoms. The Morgan fingerprint density at radius 3 is 2.23 bits per heavy atom. The fraction of sp³-hybridized carbons (Fsp3) is 0.500. The number of anilines is 1. The average molecular weight is 365 g/mol. The summed E-state index contributed by atoms with van der Waals surface area (Å²) in [6, 6.07) is 4.72. The minimum Gasteiger partial charge on any atom is -0.341 e. The number of carbonyl (C=O) groups excluding carboxylic acids is 1. The summed E-state index contributed by atoms with van der Waals surface area (Å²) >= 11 is 12.2. The fourth-order valence-corrected chi connectivity index (χ4v) is 4.03. The van der Waals surface area contributed by atoms with Crippen LogP contribution in [0, 0.1) is 0 Å². The first-order chi connectivity index (χ1) is 10.3. The van der Waals surface area contributed by atoms with Crippen LogP contribution in [0.15, 0.2) is 18.2 Å². The number of amides is 1. The van der Waals surface area contributed by atoms with E-state index < -0.39 is 10.0 Å². The largest absolute Gasteiger partial charge is 0.341 e. The topological polar surface area (TPSA) is 57.7 Å². The van der Waals surface area contributed by atoms with Crippen molar-refractivity contribution in [3.05, 3.63) is 28.2 Å². The van der Waals surface area contributed by atoms with E-state index >= 15 is 0 Å². The number of rotatable bonds is 4. The van der Waals surface area contributed by atoms with Crippen LogP contribution in [0.25, 0.3) is 0 Å². The quantitative estimate of drug-likeness (QED) is 0.825. The molecular weight excluding hydrogens is 347 g/mol. The first-order valence-corrected chi connectivity index (χ1v) is 9.60. The van der Waals surface area contributed by atoms with Crippen molar-refractivity contribution < 1.29 is 13.2 Å². The predicted molar refractivity (Wildman–Crippen MR) is 89.1 cm³/mol. The van der Waals surface area contributed by atoms with Crippen molar-refractivity contribution in [1.29, 1.82) is 0 Å². The van der Waals surface area contributed by atoms with Crippen molar-refractivity contribution in [1.82, 2.24) is 4.90 Å². The number of hydrogen-bond acceptors (Lipinski definition) is 3. The third-order valence-electron chi connectivity index (χ3n) is 3.57. The van der Waals surface area contributed by atoms with Gasteiger partial charge in [0.1, 0.15) is 6.54 Å². The second-order valence-corrected chi connectivity index (χ2v) is 8.00. The van der Waals surface area contributed by atoms with Gasteiger partial charge in [-0.3, -0.25) is 9.10 Å². The minimum atomic E-state index is -3.68. The molecule has 1 saturated heterocycles. The lowest BCUT2D eigenvalue weighted by atomic mass is 10.1. The van der Waals surface area contributed by atoms with Crippen molar-refractivity contribution in [3.63, 3.8) is 0 Å². The lowest BCUT2D eigenvalue weighted by molar-refractivity contribution is -0.130. The van der Waals surface area contributed by atoms with Gasteiger partial charge in [0.25, 0.3) is 0 Å². The van der Waals surface area contributed by atoms with Crippen LogP contribution < -0.4 is 4.31 Å². The minimum absolute atomic E-state index is 0.152. The van der Waals surface area contributed by atoms with Gasteiger partial charge >= 0.3 is 0 Å². The van der Waals surface area contributed by atoms with Gasteiger partial charge in [0, 0.05) is 13.1 Å². The van der Waals surface area contributed by atoms with Crippen LogP contribution in [-0.2, 0) is 14.8 Å². The van der Waals surface area contributed by atoms with E-state index in [1.54, 1.807) is 23.1 Å². The molecule has 1 aromatic rings. The number of nitrogens with zero attached hydrogens (tertiary/aromatic N) is 2. The van der Waals surface area contributed by atoms with Crippen molar-refractivity contribution in [2.24, 2.45) is 0 Å². The molecule has 0 radical (unpaired) electrons. The third-order valence-corrected chi connectivity index (χ3v) is 5.30. The van der Waals surface area contributed by atoms with Gasteiger partial charge in [-0.1, -0.05) is 29.3 Å². The Hall–Kier alpha value is -0.980. The molecule has 0 saturated carbocycles. The second kappa shape index (κ2) is 7.06. The summed E-state index contributed by atoms with van der Waals surface area (Å²) in [5.41, 5.74) is 0.152. The van der Waals surface area contributed by atoms with Gasteiger partial charge in [-0.25, -0.2) is 8.42 Å². The molecule has 122 valence electrons. The number of halogens is 2. The van der Waals surface area contributed by atoms with Crippen molar-refractivity contribution in [2.75, 3.05) is 30.2 Å². The summed E-state index contributed by atoms with van der Waals surface area (Å²) < 4.78 is 25.2. The molecule has 22 heavy (non-hydrogen) atoms. The molecule has 1 aliphatic heterocycles. The molecular formula is C14H18Cl2N2O3S. The predicted octanol–water partition coefficient (Wildman–Crippen LogP) is 2.77. The standard InChI is InChI=1S/C14H18Cl2N2O3S/c1-22(20,21)18(14-11(15)6-5-7-12(14)16)10-13(19)17-8-3-2-4-9-17/h5-7H,2-4,8-10H2,1H3. The zero-order valence-electron chi connectivity index (χ0n) is 12.3. The maximum Gasteiger partial charge on any atom is 0.243 e. The van der Waals surface area contributed by atoms with Crippen LogP contribution in [-0.4, -0.2) is 45.1 Å². The first kappa shape index (κ1) is 17.4. The average Bonchev–Trinajstić information content (AvgIpc) is 2.45. The Morgan fingerprint density at radius 2 is 1.73 bits per heavy atom. The number of sulfonamides is 1. The molecule has 1 aliphatic rings. The third kappa shape index (κ3) is 4.06. The Bertz CT molecular complexity index is 638. The summed E-state index contributed by atoms with van der Waals surface area (Å²) in [6.07, 6.45) is 4.01. The van der Waals surface area contributed by atoms with E-state index in [0.29, 0.717) is 13.1 Å². The number of carbonyl (C=O) groups is 1. The molecule has 0 atom stereocenters. The molecule has 2 rings (SSSR count). The highest BCUT2D eigenvalue weighted by Gasteiger charge is 2.27. The molecule has 1 aromatic carbocycles. The molecule has 0 spiro atoms. The number of likely N-dealkylation sites (tertiary alicyclic amines) is 1. The van der Waals surface area contributed by atoms with Crippen molar-refractivity contribution in [3.8, 4) is 0 Å². The zero-order valence-corrected chi connectivity index (χ0v) is 14.6. The van der Waals surface area contributed by atoms with E-state index in [1.807, 2.05) is 0 Å². The van der Waals surface area contributed by atoms with E-state index in [0.717, 1.165) is 29.8 Å². The smallest absolute Gasteiger partial charge is 0.243 e. The number of hydrogen-bond donors (Lipinski definition) is 0. The van der Waals surface area contributed by atoms with Gasteiger partial charge in [-0.2, -0.15) is 0 Å². The van der Waals surface area contributed by atoms with Gasteiger partial charge in [-0.15, -0.1) is 0 Å². The summed E-state index contributed by atoms with van der Waals surface area (Å²) in [6.45, 7) is 1.03. The monoisotopic (exact) mass is 364 g/mol. The van der Waals surface area contributed by atoms with Gasteiger partial charge in [0.05, 0.1) is 22.0 Å². The zero-order chi connectivity index (χ0) is 16.3. The summed E-state index contributed by atoms with van der Waals surface area (Å²) in [5, 5.41) is 0.397. The van der Waals surface area contributed by atoms with Gasteiger partial charge in [0.2, 0.25) is 15.9 Å². The molecule has 0 bridgehead atoms. The number of benzene rings is 1. The summed E-state index contributed by atoms with van der Waals surface area (Å²) in [4.78, 5) is 14.1. The van der Waals surface area contributed by atoms with Crippen molar-refractivity contribution in [2.45, 2.75) is 19.3 Å². The Kier molecular flexibility index (Phi) is 5.58. The van der Waals surface area contributed by atoms with Gasteiger partial charge in [0.15, 0.2) is 0 Å². The maximum atomic E-state index is 12.4. The van der Waals surface area contributed by atoms with Crippen LogP contribution in [0.3, 0.4) is 0 Å². The molecule has 1 fully saturated rings. The second-order valence-electron chi connectivity index (χ2n) is 5.28. The molecule has 0 N–H and O–H groups in total. The molecule has 5 nitrogen and oxygen atoms in total. The fourth-order valence-electron chi connectivity index (χ4n) is 2.46.